The van der Waals surface area contributed by atoms with Crippen LogP contribution < -0.4 is 10.1 Å². The van der Waals surface area contributed by atoms with E-state index in [1.807, 2.05) is 4.90 Å². The predicted molar refractivity (Wildman–Crippen MR) is 94.3 cm³/mol. The largest absolute Gasteiger partial charge is 0.492 e. The van der Waals surface area contributed by atoms with Crippen molar-refractivity contribution in [3.63, 3.8) is 0 Å². The third kappa shape index (κ3) is 4.47. The Bertz CT molecular complexity index is 764. The summed E-state index contributed by atoms with van der Waals surface area (Å²) in [6, 6.07) is 6.88. The summed E-state index contributed by atoms with van der Waals surface area (Å²) in [5.41, 5.74) is 0.530. The highest BCUT2D eigenvalue weighted by molar-refractivity contribution is 5.98. The van der Waals surface area contributed by atoms with Crippen molar-refractivity contribution in [2.45, 2.75) is 19.3 Å². The van der Waals surface area contributed by atoms with E-state index in [-0.39, 0.29) is 18.3 Å². The number of carbonyl (C=O) groups excluding carboxylic acids is 1. The second kappa shape index (κ2) is 8.60. The quantitative estimate of drug-likeness (QED) is 0.801. The van der Waals surface area contributed by atoms with Crippen molar-refractivity contribution >= 4 is 11.7 Å². The number of benzene rings is 1. The van der Waals surface area contributed by atoms with Crippen molar-refractivity contribution < 1.29 is 18.3 Å². The Balaban J connectivity index is 1.56. The van der Waals surface area contributed by atoms with Crippen molar-refractivity contribution in [1.82, 2.24) is 9.88 Å². The van der Waals surface area contributed by atoms with Crippen LogP contribution in [0.3, 0.4) is 0 Å². The predicted octanol–water partition coefficient (Wildman–Crippen LogP) is 3.48. The molecule has 1 aromatic heterocycles. The van der Waals surface area contributed by atoms with Crippen LogP contribution in [0.15, 0.2) is 36.5 Å². The molecule has 1 amide bonds. The highest BCUT2D eigenvalue weighted by atomic mass is 19.2. The molecule has 5 nitrogen and oxygen atoms in total. The van der Waals surface area contributed by atoms with Gasteiger partial charge in [0, 0.05) is 25.4 Å². The van der Waals surface area contributed by atoms with Crippen molar-refractivity contribution in [3.05, 3.63) is 53.7 Å². The number of halogens is 2. The lowest BCUT2D eigenvalue weighted by Crippen LogP contribution is -2.36. The molecule has 0 atom stereocenters. The van der Waals surface area contributed by atoms with Crippen molar-refractivity contribution in [1.29, 1.82) is 0 Å². The van der Waals surface area contributed by atoms with E-state index in [2.05, 4.69) is 10.3 Å². The van der Waals surface area contributed by atoms with Crippen LogP contribution in [-0.4, -0.2) is 42.0 Å². The van der Waals surface area contributed by atoms with Gasteiger partial charge in [0.05, 0.1) is 12.1 Å². The van der Waals surface area contributed by atoms with Gasteiger partial charge >= 0.3 is 0 Å². The number of piperidine rings is 1. The number of rotatable bonds is 6. The van der Waals surface area contributed by atoms with Crippen LogP contribution in [0.25, 0.3) is 0 Å². The molecule has 1 fully saturated rings. The molecule has 1 saturated heterocycles. The molecular weight excluding hydrogens is 340 g/mol. The zero-order valence-electron chi connectivity index (χ0n) is 14.4. The summed E-state index contributed by atoms with van der Waals surface area (Å²) < 4.78 is 31.4. The first-order valence-electron chi connectivity index (χ1n) is 8.71. The lowest BCUT2D eigenvalue weighted by molar-refractivity contribution is 0.0725. The molecule has 138 valence electrons. The van der Waals surface area contributed by atoms with Crippen LogP contribution in [0.5, 0.6) is 5.75 Å². The minimum atomic E-state index is -0.949. The molecule has 0 bridgehead atoms. The summed E-state index contributed by atoms with van der Waals surface area (Å²) in [7, 11) is 0. The minimum Gasteiger partial charge on any atom is -0.492 e. The smallest absolute Gasteiger partial charge is 0.257 e. The summed E-state index contributed by atoms with van der Waals surface area (Å²) in [4.78, 5) is 18.8. The Morgan fingerprint density at radius 3 is 2.73 bits per heavy atom. The Morgan fingerprint density at radius 2 is 1.96 bits per heavy atom. The van der Waals surface area contributed by atoms with E-state index in [4.69, 9.17) is 4.74 Å². The van der Waals surface area contributed by atoms with Crippen LogP contribution in [0.1, 0.15) is 29.6 Å². The maximum atomic E-state index is 13.1. The number of amides is 1. The number of ether oxygens (including phenoxy) is 1. The van der Waals surface area contributed by atoms with Gasteiger partial charge in [0.15, 0.2) is 11.6 Å². The highest BCUT2D eigenvalue weighted by Gasteiger charge is 2.21. The van der Waals surface area contributed by atoms with Gasteiger partial charge in [0.1, 0.15) is 18.2 Å². The zero-order chi connectivity index (χ0) is 18.4. The first-order chi connectivity index (χ1) is 12.6. The number of pyridine rings is 1. The molecule has 1 aliphatic rings. The number of hydrogen-bond donors (Lipinski definition) is 1. The van der Waals surface area contributed by atoms with Gasteiger partial charge in [-0.15, -0.1) is 0 Å². The average Bonchev–Trinajstić information content (AvgIpc) is 2.68. The summed E-state index contributed by atoms with van der Waals surface area (Å²) in [6.07, 6.45) is 4.82. The second-order valence-corrected chi connectivity index (χ2v) is 6.10. The molecule has 3 rings (SSSR count). The van der Waals surface area contributed by atoms with E-state index in [9.17, 15) is 13.6 Å². The van der Waals surface area contributed by atoms with E-state index in [0.717, 1.165) is 44.5 Å². The topological polar surface area (TPSA) is 54.5 Å². The number of anilines is 1. The van der Waals surface area contributed by atoms with Crippen LogP contribution in [-0.2, 0) is 0 Å². The first kappa shape index (κ1) is 18.1. The van der Waals surface area contributed by atoms with Gasteiger partial charge in [0.25, 0.3) is 5.91 Å². The maximum Gasteiger partial charge on any atom is 0.257 e. The van der Waals surface area contributed by atoms with Crippen molar-refractivity contribution in [2.24, 2.45) is 0 Å². The maximum absolute atomic E-state index is 13.1. The molecule has 1 aromatic carbocycles. The number of nitrogens with one attached hydrogen (secondary N) is 1. The lowest BCUT2D eigenvalue weighted by atomic mass is 10.1. The number of nitrogens with zero attached hydrogens (tertiary/aromatic N) is 2. The number of hydrogen-bond acceptors (Lipinski definition) is 4. The zero-order valence-corrected chi connectivity index (χ0v) is 14.4. The Labute approximate surface area is 151 Å². The number of aromatic nitrogens is 1. The summed E-state index contributed by atoms with van der Waals surface area (Å²) >= 11 is 0. The van der Waals surface area contributed by atoms with Gasteiger partial charge in [-0.3, -0.25) is 4.79 Å². The SMILES string of the molecule is O=C(c1cccnc1NCCOc1ccc(F)c(F)c1)N1CCCCC1. The van der Waals surface area contributed by atoms with E-state index in [1.54, 1.807) is 18.3 Å². The van der Waals surface area contributed by atoms with E-state index < -0.39 is 11.6 Å². The summed E-state index contributed by atoms with van der Waals surface area (Å²) in [6.45, 7) is 2.13. The molecule has 26 heavy (non-hydrogen) atoms. The molecular formula is C19H21F2N3O2. The monoisotopic (exact) mass is 361 g/mol. The highest BCUT2D eigenvalue weighted by Crippen LogP contribution is 2.18. The normalized spacial score (nSPS) is 14.2. The Kier molecular flexibility index (Phi) is 5.99. The molecule has 0 unspecified atom stereocenters. The van der Waals surface area contributed by atoms with Gasteiger partial charge in [-0.05, 0) is 43.5 Å². The molecule has 1 aliphatic heterocycles. The van der Waals surface area contributed by atoms with Gasteiger partial charge in [-0.2, -0.15) is 0 Å². The molecule has 2 heterocycles. The molecule has 1 N–H and O–H groups in total. The first-order valence-corrected chi connectivity index (χ1v) is 8.71. The fourth-order valence-electron chi connectivity index (χ4n) is 2.89. The lowest BCUT2D eigenvalue weighted by Gasteiger charge is -2.27. The van der Waals surface area contributed by atoms with Crippen molar-refractivity contribution in [2.75, 3.05) is 31.6 Å². The van der Waals surface area contributed by atoms with Crippen LogP contribution in [0.4, 0.5) is 14.6 Å². The molecule has 0 saturated carbocycles. The Morgan fingerprint density at radius 1 is 1.15 bits per heavy atom. The fourth-order valence-corrected chi connectivity index (χ4v) is 2.89. The van der Waals surface area contributed by atoms with Crippen LogP contribution in [0.2, 0.25) is 0 Å². The van der Waals surface area contributed by atoms with Gasteiger partial charge in [-0.25, -0.2) is 13.8 Å². The molecule has 0 spiro atoms. The number of carbonyl (C=O) groups is 1. The summed E-state index contributed by atoms with van der Waals surface area (Å²) in [5.74, 6) is -1.14. The third-order valence-corrected chi connectivity index (χ3v) is 4.24. The van der Waals surface area contributed by atoms with Gasteiger partial charge in [0.2, 0.25) is 0 Å². The van der Waals surface area contributed by atoms with Gasteiger partial charge < -0.3 is 15.0 Å². The number of likely N-dealkylation sites (tertiary alicyclic amines) is 1. The van der Waals surface area contributed by atoms with Crippen molar-refractivity contribution in [3.8, 4) is 5.75 Å². The molecule has 2 aromatic rings. The van der Waals surface area contributed by atoms with E-state index in [1.165, 1.54) is 6.07 Å². The van der Waals surface area contributed by atoms with Crippen LogP contribution in [0, 0.1) is 11.6 Å². The minimum absolute atomic E-state index is 0.0261. The Hall–Kier alpha value is -2.70. The van der Waals surface area contributed by atoms with E-state index in [0.29, 0.717) is 17.9 Å². The average molecular weight is 361 g/mol. The van der Waals surface area contributed by atoms with Crippen LogP contribution >= 0.6 is 0 Å². The summed E-state index contributed by atoms with van der Waals surface area (Å²) in [5, 5.41) is 3.08. The standard InChI is InChI=1S/C19H21F2N3O2/c20-16-7-6-14(13-17(16)21)26-12-9-23-18-15(5-4-8-22-18)19(25)24-10-2-1-3-11-24/h4-8,13H,1-3,9-12H2,(H,22,23). The van der Waals surface area contributed by atoms with E-state index >= 15 is 0 Å². The molecule has 0 aliphatic carbocycles. The van der Waals surface area contributed by atoms with Gasteiger partial charge in [-0.1, -0.05) is 0 Å². The second-order valence-electron chi connectivity index (χ2n) is 6.10. The molecule has 7 heteroatoms. The molecule has 0 radical (unpaired) electrons. The third-order valence-electron chi connectivity index (χ3n) is 4.24. The fraction of sp³-hybridized carbons (Fsp3) is 0.368.